The normalized spacial score (nSPS) is 11.1. The molecule has 0 atom stereocenters. The number of carbonyl (C=O) groups excluding carboxylic acids is 1. The van der Waals surface area contributed by atoms with E-state index in [1.807, 2.05) is 41.0 Å². The summed E-state index contributed by atoms with van der Waals surface area (Å²) >= 11 is 16.8. The molecule has 0 spiro atoms. The van der Waals surface area contributed by atoms with Crippen molar-refractivity contribution in [3.05, 3.63) is 87.1 Å². The molecule has 0 aliphatic rings. The topological polar surface area (TPSA) is 85.1 Å². The molecule has 166 valence electrons. The Morgan fingerprint density at radius 3 is 2.61 bits per heavy atom. The highest BCUT2D eigenvalue weighted by Gasteiger charge is 2.17. The molecule has 0 saturated carbocycles. The lowest BCUT2D eigenvalue weighted by Gasteiger charge is -2.10. The van der Waals surface area contributed by atoms with E-state index in [1.54, 1.807) is 30.6 Å². The van der Waals surface area contributed by atoms with Crippen LogP contribution in [-0.2, 0) is 4.79 Å². The zero-order chi connectivity index (χ0) is 23.2. The van der Waals surface area contributed by atoms with Crippen LogP contribution < -0.4 is 5.43 Å². The van der Waals surface area contributed by atoms with E-state index in [2.05, 4.69) is 41.6 Å². The van der Waals surface area contributed by atoms with Gasteiger partial charge >= 0.3 is 0 Å². The van der Waals surface area contributed by atoms with Gasteiger partial charge in [0.05, 0.1) is 22.0 Å². The molecule has 1 N–H and O–H groups in total. The maximum atomic E-state index is 12.4. The molecule has 2 aromatic heterocycles. The molecule has 0 bridgehead atoms. The summed E-state index contributed by atoms with van der Waals surface area (Å²) in [6.45, 7) is 0. The third-order valence-electron chi connectivity index (χ3n) is 4.36. The molecule has 0 fully saturated rings. The molecular weight excluding hydrogens is 547 g/mol. The highest BCUT2D eigenvalue weighted by Crippen LogP contribution is 2.28. The van der Waals surface area contributed by atoms with Crippen molar-refractivity contribution in [2.45, 2.75) is 5.16 Å². The lowest BCUT2D eigenvalue weighted by Crippen LogP contribution is -2.20. The van der Waals surface area contributed by atoms with E-state index in [1.165, 1.54) is 18.0 Å². The van der Waals surface area contributed by atoms with Gasteiger partial charge in [-0.2, -0.15) is 5.10 Å². The number of rotatable bonds is 7. The van der Waals surface area contributed by atoms with E-state index >= 15 is 0 Å². The van der Waals surface area contributed by atoms with Crippen LogP contribution in [0, 0.1) is 0 Å². The molecule has 0 radical (unpaired) electrons. The summed E-state index contributed by atoms with van der Waals surface area (Å²) in [5.41, 5.74) is 4.82. The van der Waals surface area contributed by atoms with Crippen molar-refractivity contribution >= 4 is 63.0 Å². The van der Waals surface area contributed by atoms with Crippen molar-refractivity contribution in [3.8, 4) is 17.1 Å². The summed E-state index contributed by atoms with van der Waals surface area (Å²) in [4.78, 5) is 16.4. The predicted molar refractivity (Wildman–Crippen MR) is 135 cm³/mol. The molecule has 0 aliphatic heterocycles. The Labute approximate surface area is 212 Å². The average Bonchev–Trinajstić information content (AvgIpc) is 3.25. The first-order valence-electron chi connectivity index (χ1n) is 9.53. The minimum absolute atomic E-state index is 0.0889. The largest absolute Gasteiger partial charge is 0.272 e. The van der Waals surface area contributed by atoms with E-state index in [0.29, 0.717) is 26.6 Å². The molecule has 1 amide bonds. The molecule has 0 unspecified atom stereocenters. The highest BCUT2D eigenvalue weighted by molar-refractivity contribution is 9.10. The first-order chi connectivity index (χ1) is 16.0. The molecule has 4 rings (SSSR count). The number of halogens is 3. The van der Waals surface area contributed by atoms with Crippen LogP contribution in [0.4, 0.5) is 0 Å². The number of nitrogens with zero attached hydrogens (tertiary/aromatic N) is 5. The van der Waals surface area contributed by atoms with Crippen LogP contribution in [0.3, 0.4) is 0 Å². The summed E-state index contributed by atoms with van der Waals surface area (Å²) in [7, 11) is 0. The van der Waals surface area contributed by atoms with Crippen LogP contribution in [-0.4, -0.2) is 37.6 Å². The maximum Gasteiger partial charge on any atom is 0.250 e. The van der Waals surface area contributed by atoms with Crippen LogP contribution in [0.25, 0.3) is 17.1 Å². The summed E-state index contributed by atoms with van der Waals surface area (Å²) in [5, 5.41) is 14.0. The molecule has 4 aromatic rings. The van der Waals surface area contributed by atoms with Crippen molar-refractivity contribution in [1.82, 2.24) is 25.2 Å². The molecule has 0 aliphatic carbocycles. The zero-order valence-electron chi connectivity index (χ0n) is 16.8. The first kappa shape index (κ1) is 23.4. The minimum Gasteiger partial charge on any atom is -0.272 e. The Kier molecular flexibility index (Phi) is 7.77. The molecular formula is C22H15BrCl2N6OS. The van der Waals surface area contributed by atoms with Gasteiger partial charge in [-0.05, 0) is 42.5 Å². The van der Waals surface area contributed by atoms with Crippen LogP contribution >= 0.6 is 50.9 Å². The van der Waals surface area contributed by atoms with Gasteiger partial charge in [0.1, 0.15) is 0 Å². The van der Waals surface area contributed by atoms with Crippen molar-refractivity contribution < 1.29 is 4.79 Å². The number of amides is 1. The van der Waals surface area contributed by atoms with E-state index in [-0.39, 0.29) is 11.7 Å². The summed E-state index contributed by atoms with van der Waals surface area (Å²) in [5.74, 6) is 0.437. The number of thioether (sulfide) groups is 1. The standard InChI is InChI=1S/C22H15BrCl2N6OS/c23-16-4-6-17(7-5-16)31-21(14-8-10-26-11-9-14)29-30-22(31)33-13-19(32)28-27-12-15-2-1-3-18(24)20(15)25/h1-12H,13H2,(H,28,32). The number of nitrogens with one attached hydrogen (secondary N) is 1. The Hall–Kier alpha value is -2.72. The van der Waals surface area contributed by atoms with Gasteiger partial charge < -0.3 is 0 Å². The number of carbonyl (C=O) groups is 1. The third kappa shape index (κ3) is 5.80. The zero-order valence-corrected chi connectivity index (χ0v) is 20.7. The van der Waals surface area contributed by atoms with Gasteiger partial charge in [0.15, 0.2) is 11.0 Å². The van der Waals surface area contributed by atoms with Gasteiger partial charge in [-0.3, -0.25) is 14.3 Å². The third-order valence-corrected chi connectivity index (χ3v) is 6.65. The number of pyridine rings is 1. The lowest BCUT2D eigenvalue weighted by atomic mass is 10.2. The van der Waals surface area contributed by atoms with Crippen molar-refractivity contribution in [2.75, 3.05) is 5.75 Å². The smallest absolute Gasteiger partial charge is 0.250 e. The SMILES string of the molecule is O=C(CSc1nnc(-c2ccncc2)n1-c1ccc(Br)cc1)NN=Cc1cccc(Cl)c1Cl. The highest BCUT2D eigenvalue weighted by atomic mass is 79.9. The second-order valence-electron chi connectivity index (χ2n) is 6.58. The van der Waals surface area contributed by atoms with Gasteiger partial charge in [0, 0.05) is 33.7 Å². The Morgan fingerprint density at radius 1 is 1.09 bits per heavy atom. The summed E-state index contributed by atoms with van der Waals surface area (Å²) in [6.07, 6.45) is 4.84. The molecule has 2 heterocycles. The van der Waals surface area contributed by atoms with E-state index in [9.17, 15) is 4.79 Å². The second-order valence-corrected chi connectivity index (χ2v) is 9.22. The fourth-order valence-electron chi connectivity index (χ4n) is 2.83. The minimum atomic E-state index is -0.301. The molecule has 11 heteroatoms. The second kappa shape index (κ2) is 10.9. The van der Waals surface area contributed by atoms with E-state index < -0.39 is 0 Å². The van der Waals surface area contributed by atoms with Crippen molar-refractivity contribution in [1.29, 1.82) is 0 Å². The lowest BCUT2D eigenvalue weighted by molar-refractivity contribution is -0.118. The van der Waals surface area contributed by atoms with E-state index in [0.717, 1.165) is 15.7 Å². The number of hydrogen-bond acceptors (Lipinski definition) is 6. The van der Waals surface area contributed by atoms with Gasteiger partial charge in [0.25, 0.3) is 5.91 Å². The van der Waals surface area contributed by atoms with Gasteiger partial charge in [-0.1, -0.05) is 63.0 Å². The van der Waals surface area contributed by atoms with Gasteiger partial charge in [-0.25, -0.2) is 5.43 Å². The monoisotopic (exact) mass is 560 g/mol. The Morgan fingerprint density at radius 2 is 1.85 bits per heavy atom. The molecule has 2 aromatic carbocycles. The average molecular weight is 562 g/mol. The number of aromatic nitrogens is 4. The Bertz CT molecular complexity index is 1300. The number of benzene rings is 2. The fraction of sp³-hybridized carbons (Fsp3) is 0.0455. The summed E-state index contributed by atoms with van der Waals surface area (Å²) in [6, 6.07) is 16.7. The molecule has 33 heavy (non-hydrogen) atoms. The van der Waals surface area contributed by atoms with Gasteiger partial charge in [0.2, 0.25) is 0 Å². The van der Waals surface area contributed by atoms with Crippen molar-refractivity contribution in [2.24, 2.45) is 5.10 Å². The number of hydrazone groups is 1. The number of hydrogen-bond donors (Lipinski definition) is 1. The quantitative estimate of drug-likeness (QED) is 0.179. The molecule has 0 saturated heterocycles. The van der Waals surface area contributed by atoms with Crippen molar-refractivity contribution in [3.63, 3.8) is 0 Å². The van der Waals surface area contributed by atoms with Crippen LogP contribution in [0.15, 0.2) is 81.7 Å². The maximum absolute atomic E-state index is 12.4. The van der Waals surface area contributed by atoms with Crippen LogP contribution in [0.2, 0.25) is 10.0 Å². The van der Waals surface area contributed by atoms with E-state index in [4.69, 9.17) is 23.2 Å². The summed E-state index contributed by atoms with van der Waals surface area (Å²) < 4.78 is 2.85. The first-order valence-corrected chi connectivity index (χ1v) is 12.1. The predicted octanol–water partition coefficient (Wildman–Crippen LogP) is 5.64. The fourth-order valence-corrected chi connectivity index (χ4v) is 4.20. The van der Waals surface area contributed by atoms with Crippen LogP contribution in [0.5, 0.6) is 0 Å². The molecule has 7 nitrogen and oxygen atoms in total. The Balaban J connectivity index is 1.50. The van der Waals surface area contributed by atoms with Crippen LogP contribution in [0.1, 0.15) is 5.56 Å². The van der Waals surface area contributed by atoms with Gasteiger partial charge in [-0.15, -0.1) is 10.2 Å².